The zero-order valence-corrected chi connectivity index (χ0v) is 13.4. The number of amides is 1. The summed E-state index contributed by atoms with van der Waals surface area (Å²) in [7, 11) is 0. The number of anilines is 1. The number of nitrogens with one attached hydrogen (secondary N) is 1. The molecule has 0 atom stereocenters. The summed E-state index contributed by atoms with van der Waals surface area (Å²) in [6.45, 7) is 1.64. The van der Waals surface area contributed by atoms with Crippen LogP contribution in [0.2, 0.25) is 10.0 Å². The van der Waals surface area contributed by atoms with Crippen molar-refractivity contribution >= 4 is 34.8 Å². The van der Waals surface area contributed by atoms with Gasteiger partial charge < -0.3 is 0 Å². The van der Waals surface area contributed by atoms with Gasteiger partial charge in [0.05, 0.1) is 10.7 Å². The summed E-state index contributed by atoms with van der Waals surface area (Å²) in [5.41, 5.74) is 1.06. The first-order valence-electron chi connectivity index (χ1n) is 7.20. The van der Waals surface area contributed by atoms with Gasteiger partial charge in [-0.15, -0.1) is 0 Å². The van der Waals surface area contributed by atoms with E-state index in [9.17, 15) is 4.79 Å². The van der Waals surface area contributed by atoms with Gasteiger partial charge in [-0.05, 0) is 37.1 Å². The van der Waals surface area contributed by atoms with Crippen molar-refractivity contribution in [3.8, 4) is 0 Å². The van der Waals surface area contributed by atoms with E-state index in [0.29, 0.717) is 21.4 Å². The van der Waals surface area contributed by atoms with Crippen molar-refractivity contribution in [2.24, 2.45) is 0 Å². The van der Waals surface area contributed by atoms with Gasteiger partial charge in [-0.25, -0.2) is 10.0 Å². The maximum absolute atomic E-state index is 12.9. The van der Waals surface area contributed by atoms with Crippen LogP contribution in [0.4, 0.5) is 5.69 Å². The highest BCUT2D eigenvalue weighted by atomic mass is 35.5. The fourth-order valence-electron chi connectivity index (χ4n) is 2.61. The molecule has 2 heterocycles. The summed E-state index contributed by atoms with van der Waals surface area (Å²) in [6, 6.07) is 6.81. The van der Waals surface area contributed by atoms with Gasteiger partial charge in [0, 0.05) is 24.3 Å². The quantitative estimate of drug-likeness (QED) is 0.926. The lowest BCUT2D eigenvalue weighted by Crippen LogP contribution is -2.49. The summed E-state index contributed by atoms with van der Waals surface area (Å²) in [4.78, 5) is 12.9. The Kier molecular flexibility index (Phi) is 4.66. The molecule has 1 N–H and O–H groups in total. The Hall–Kier alpha value is -1.56. The lowest BCUT2D eigenvalue weighted by molar-refractivity contribution is 0.0867. The average Bonchev–Trinajstić information content (AvgIpc) is 3.05. The lowest BCUT2D eigenvalue weighted by atomic mass is 10.1. The third kappa shape index (κ3) is 3.11. The fraction of sp³-hybridized carbons (Fsp3) is 0.333. The van der Waals surface area contributed by atoms with Gasteiger partial charge in [-0.2, -0.15) is 5.10 Å². The monoisotopic (exact) mass is 338 g/mol. The van der Waals surface area contributed by atoms with Gasteiger partial charge >= 0.3 is 0 Å². The van der Waals surface area contributed by atoms with Crippen molar-refractivity contribution in [2.45, 2.75) is 19.3 Å². The van der Waals surface area contributed by atoms with E-state index in [1.807, 2.05) is 5.01 Å². The van der Waals surface area contributed by atoms with Gasteiger partial charge in [-0.1, -0.05) is 29.6 Å². The number of aromatic nitrogens is 2. The number of hydrogen-bond acceptors (Lipinski definition) is 3. The normalized spacial score (nSPS) is 15.7. The predicted octanol–water partition coefficient (Wildman–Crippen LogP) is 3.76. The second-order valence-electron chi connectivity index (χ2n) is 5.20. The van der Waals surface area contributed by atoms with E-state index in [-0.39, 0.29) is 5.91 Å². The maximum Gasteiger partial charge on any atom is 0.290 e. The molecule has 0 unspecified atom stereocenters. The maximum atomic E-state index is 12.9. The molecule has 0 saturated carbocycles. The van der Waals surface area contributed by atoms with Crippen LogP contribution >= 0.6 is 23.2 Å². The summed E-state index contributed by atoms with van der Waals surface area (Å²) < 4.78 is 0. The molecule has 0 bridgehead atoms. The molecule has 2 aromatic rings. The van der Waals surface area contributed by atoms with Crippen LogP contribution in [-0.4, -0.2) is 34.2 Å². The number of benzene rings is 1. The predicted molar refractivity (Wildman–Crippen MR) is 87.3 cm³/mol. The summed E-state index contributed by atoms with van der Waals surface area (Å²) in [5, 5.41) is 11.2. The van der Waals surface area contributed by atoms with E-state index in [1.165, 1.54) is 6.42 Å². The van der Waals surface area contributed by atoms with Crippen LogP contribution in [0.15, 0.2) is 30.5 Å². The van der Waals surface area contributed by atoms with Crippen molar-refractivity contribution in [3.63, 3.8) is 0 Å². The Labute approximate surface area is 138 Å². The molecule has 7 heteroatoms. The Balaban J connectivity index is 2.00. The van der Waals surface area contributed by atoms with Gasteiger partial charge in [0.25, 0.3) is 5.91 Å². The number of rotatable bonds is 3. The number of aromatic amines is 1. The molecule has 116 valence electrons. The standard InChI is InChI=1S/C15H16Cl2N4O/c16-11-4-5-14(12(17)10-11)21(20-8-2-1-3-9-20)15(22)13-6-7-18-19-13/h4-7,10H,1-3,8-9H2,(H,18,19). The third-order valence-corrected chi connectivity index (χ3v) is 4.21. The number of hydrogen-bond donors (Lipinski definition) is 1. The number of H-pyrrole nitrogens is 1. The number of carbonyl (C=O) groups is 1. The summed E-state index contributed by atoms with van der Waals surface area (Å²) >= 11 is 12.3. The van der Waals surface area contributed by atoms with Crippen LogP contribution in [0.3, 0.4) is 0 Å². The van der Waals surface area contributed by atoms with Crippen LogP contribution < -0.4 is 5.01 Å². The van der Waals surface area contributed by atoms with Crippen LogP contribution in [0.25, 0.3) is 0 Å². The fourth-order valence-corrected chi connectivity index (χ4v) is 3.10. The zero-order valence-electron chi connectivity index (χ0n) is 11.9. The Morgan fingerprint density at radius 1 is 1.18 bits per heavy atom. The first-order valence-corrected chi connectivity index (χ1v) is 7.96. The van der Waals surface area contributed by atoms with Gasteiger partial charge in [0.2, 0.25) is 0 Å². The molecule has 5 nitrogen and oxygen atoms in total. The molecule has 0 aliphatic carbocycles. The Morgan fingerprint density at radius 2 is 1.95 bits per heavy atom. The first kappa shape index (κ1) is 15.3. The smallest absolute Gasteiger partial charge is 0.273 e. The van der Waals surface area contributed by atoms with Gasteiger partial charge in [0.15, 0.2) is 0 Å². The van der Waals surface area contributed by atoms with Crippen molar-refractivity contribution in [1.82, 2.24) is 15.2 Å². The first-order chi connectivity index (χ1) is 10.7. The molecule has 1 aromatic carbocycles. The highest BCUT2D eigenvalue weighted by Crippen LogP contribution is 2.31. The van der Waals surface area contributed by atoms with Crippen molar-refractivity contribution in [1.29, 1.82) is 0 Å². The molecule has 1 saturated heterocycles. The van der Waals surface area contributed by atoms with E-state index in [4.69, 9.17) is 23.2 Å². The van der Waals surface area contributed by atoms with Crippen LogP contribution in [-0.2, 0) is 0 Å². The van der Waals surface area contributed by atoms with Gasteiger partial charge in [0.1, 0.15) is 5.69 Å². The molecular weight excluding hydrogens is 323 g/mol. The van der Waals surface area contributed by atoms with Crippen molar-refractivity contribution in [3.05, 3.63) is 46.2 Å². The Bertz CT molecular complexity index is 654. The molecule has 3 rings (SSSR count). The highest BCUT2D eigenvalue weighted by molar-refractivity contribution is 6.36. The molecule has 1 amide bonds. The minimum atomic E-state index is -0.177. The molecule has 0 radical (unpaired) electrons. The molecular formula is C15H16Cl2N4O. The number of halogens is 2. The van der Waals surface area contributed by atoms with E-state index < -0.39 is 0 Å². The number of nitrogens with zero attached hydrogens (tertiary/aromatic N) is 3. The molecule has 22 heavy (non-hydrogen) atoms. The second kappa shape index (κ2) is 6.69. The molecule has 0 spiro atoms. The van der Waals surface area contributed by atoms with E-state index in [2.05, 4.69) is 10.2 Å². The molecule has 1 aliphatic heterocycles. The van der Waals surface area contributed by atoms with Gasteiger partial charge in [-0.3, -0.25) is 9.89 Å². The molecule has 1 aromatic heterocycles. The molecule has 1 fully saturated rings. The number of piperidine rings is 1. The SMILES string of the molecule is O=C(c1ccn[nH]1)N(c1ccc(Cl)cc1Cl)N1CCCCC1. The summed E-state index contributed by atoms with van der Waals surface area (Å²) in [6.07, 6.45) is 4.85. The van der Waals surface area contributed by atoms with E-state index in [1.54, 1.807) is 35.5 Å². The largest absolute Gasteiger partial charge is 0.290 e. The highest BCUT2D eigenvalue weighted by Gasteiger charge is 2.28. The van der Waals surface area contributed by atoms with E-state index in [0.717, 1.165) is 25.9 Å². The Morgan fingerprint density at radius 3 is 2.59 bits per heavy atom. The minimum absolute atomic E-state index is 0.177. The average molecular weight is 339 g/mol. The lowest BCUT2D eigenvalue weighted by Gasteiger charge is -2.37. The number of hydrazine groups is 1. The van der Waals surface area contributed by atoms with E-state index >= 15 is 0 Å². The molecule has 1 aliphatic rings. The second-order valence-corrected chi connectivity index (χ2v) is 6.04. The third-order valence-electron chi connectivity index (χ3n) is 3.68. The zero-order chi connectivity index (χ0) is 15.5. The topological polar surface area (TPSA) is 52.2 Å². The van der Waals surface area contributed by atoms with Crippen LogP contribution in [0, 0.1) is 0 Å². The summed E-state index contributed by atoms with van der Waals surface area (Å²) in [5.74, 6) is -0.177. The minimum Gasteiger partial charge on any atom is -0.273 e. The van der Waals surface area contributed by atoms with Crippen LogP contribution in [0.5, 0.6) is 0 Å². The van der Waals surface area contributed by atoms with Crippen LogP contribution in [0.1, 0.15) is 29.8 Å². The van der Waals surface area contributed by atoms with Crippen molar-refractivity contribution in [2.75, 3.05) is 18.1 Å². The van der Waals surface area contributed by atoms with Crippen molar-refractivity contribution < 1.29 is 4.79 Å². The number of carbonyl (C=O) groups excluding carboxylic acids is 1.